The van der Waals surface area contributed by atoms with Crippen molar-refractivity contribution < 1.29 is 0 Å². The molecule has 0 aliphatic carbocycles. The maximum absolute atomic E-state index is 3.66. The molecule has 1 aromatic heterocycles. The molecule has 0 atom stereocenters. The molecule has 1 rings (SSSR count). The minimum Gasteiger partial charge on any atom is 0.373 e. The van der Waals surface area contributed by atoms with Crippen LogP contribution in [0.1, 0.15) is 0 Å². The van der Waals surface area contributed by atoms with Crippen molar-refractivity contribution in [3.05, 3.63) is 0 Å². The lowest BCUT2D eigenvalue weighted by atomic mass is 13.9. The summed E-state index contributed by atoms with van der Waals surface area (Å²) in [5.74, 6) is 0. The summed E-state index contributed by atoms with van der Waals surface area (Å²) in [6, 6.07) is 0. The molecule has 0 amide bonds. The third kappa shape index (κ3) is 1.04. The molecule has 6 heteroatoms. The van der Waals surface area contributed by atoms with E-state index in [-0.39, 0.29) is 0 Å². The molecule has 0 N–H and O–H groups in total. The Labute approximate surface area is 46.9 Å². The average molecular weight is 138 g/mol. The van der Waals surface area contributed by atoms with E-state index in [2.05, 4.69) is 11.3 Å². The molecule has 0 saturated heterocycles. The van der Waals surface area contributed by atoms with E-state index in [1.165, 1.54) is 35.2 Å². The van der Waals surface area contributed by atoms with Crippen molar-refractivity contribution in [2.24, 2.45) is 0 Å². The Hall–Kier alpha value is 0.0600. The van der Waals surface area contributed by atoms with E-state index in [9.17, 15) is 0 Å². The van der Waals surface area contributed by atoms with Crippen molar-refractivity contribution in [2.75, 3.05) is 0 Å². The second-order valence-electron chi connectivity index (χ2n) is 0.469. The highest BCUT2D eigenvalue weighted by atomic mass is 32.2. The molecule has 0 saturated carbocycles. The largest absolute Gasteiger partial charge is 0.627 e. The van der Waals surface area contributed by atoms with Crippen molar-refractivity contribution in [3.63, 3.8) is 0 Å². The van der Waals surface area contributed by atoms with E-state index in [1.54, 1.807) is 0 Å². The van der Waals surface area contributed by atoms with Crippen molar-refractivity contribution in [2.45, 2.75) is 0 Å². The van der Waals surface area contributed by atoms with Crippen LogP contribution in [0.15, 0.2) is 0 Å². The van der Waals surface area contributed by atoms with Gasteiger partial charge in [0.1, 0.15) is 0 Å². The van der Waals surface area contributed by atoms with Gasteiger partial charge in [0.25, 0.3) is 0 Å². The molecule has 1 aromatic rings. The van der Waals surface area contributed by atoms with E-state index in [0.717, 1.165) is 0 Å². The Bertz CT molecular complexity index is 78.0. The van der Waals surface area contributed by atoms with E-state index >= 15 is 0 Å². The molecule has 0 unspecified atom stereocenters. The molecule has 0 aromatic carbocycles. The highest BCUT2D eigenvalue weighted by Crippen LogP contribution is 1.85. The number of nitrogens with zero attached hydrogens (tertiary/aromatic N) is 3. The second kappa shape index (κ2) is 2.27. The molecule has 3 nitrogen and oxygen atoms in total. The van der Waals surface area contributed by atoms with Gasteiger partial charge in [-0.1, -0.05) is 0 Å². The van der Waals surface area contributed by atoms with Crippen molar-refractivity contribution in [1.82, 2.24) is 11.3 Å². The summed E-state index contributed by atoms with van der Waals surface area (Å²) in [7, 11) is 0. The summed E-state index contributed by atoms with van der Waals surface area (Å²) in [6.45, 7) is 0. The van der Waals surface area contributed by atoms with Gasteiger partial charge in [-0.3, -0.25) is 0 Å². The lowest BCUT2D eigenvalue weighted by Crippen LogP contribution is -1.55. The molecule has 0 bridgehead atoms. The van der Waals surface area contributed by atoms with Gasteiger partial charge in [-0.25, -0.2) is 0 Å². The van der Waals surface area contributed by atoms with Crippen LogP contribution in [0.25, 0.3) is 0 Å². The standard InChI is InChI=1S/N3S3/c1-4-2-6-3-5-1/q+3. The highest BCUT2D eigenvalue weighted by Gasteiger charge is 2.14. The van der Waals surface area contributed by atoms with Crippen LogP contribution in [-0.4, -0.2) is 11.3 Å². The zero-order valence-electron chi connectivity index (χ0n) is 2.57. The second-order valence-corrected chi connectivity index (χ2v) is 2.75. The molecule has 1 heterocycles. The topological polar surface area (TPSA) is 38.7 Å². The van der Waals surface area contributed by atoms with Gasteiger partial charge in [-0.2, -0.15) is 0 Å². The SMILES string of the molecule is n1[s+]n[s+]n[s+]1. The summed E-state index contributed by atoms with van der Waals surface area (Å²) in [4.78, 5) is 0. The molecule has 30 valence electrons. The highest BCUT2D eigenvalue weighted by molar-refractivity contribution is 7.22. The van der Waals surface area contributed by atoms with Crippen LogP contribution in [0.4, 0.5) is 0 Å². The fourth-order valence-electron chi connectivity index (χ4n) is 0.0855. The Morgan fingerprint density at radius 1 is 0.667 bits per heavy atom. The molecular weight excluding hydrogens is 138 g/mol. The quantitative estimate of drug-likeness (QED) is 0.500. The maximum Gasteiger partial charge on any atom is 0.627 e. The van der Waals surface area contributed by atoms with Gasteiger partial charge in [-0.05, 0) is 0 Å². The van der Waals surface area contributed by atoms with Gasteiger partial charge in [0.05, 0.1) is 0 Å². The van der Waals surface area contributed by atoms with Crippen LogP contribution in [0.5, 0.6) is 0 Å². The number of aromatic nitrogens is 3. The number of rotatable bonds is 0. The van der Waals surface area contributed by atoms with Crippen molar-refractivity contribution in [3.8, 4) is 0 Å². The Balaban J connectivity index is 3.00. The summed E-state index contributed by atoms with van der Waals surface area (Å²) in [5.41, 5.74) is 0. The van der Waals surface area contributed by atoms with Crippen LogP contribution in [0.2, 0.25) is 0 Å². The van der Waals surface area contributed by atoms with Crippen molar-refractivity contribution >= 4 is 35.2 Å². The smallest absolute Gasteiger partial charge is 0.373 e. The van der Waals surface area contributed by atoms with E-state index in [4.69, 9.17) is 0 Å². The lowest BCUT2D eigenvalue weighted by molar-refractivity contribution is 1.67. The average Bonchev–Trinajstić information content (AvgIpc) is 1.72. The fraction of sp³-hybridized carbons (Fsp3) is 0. The van der Waals surface area contributed by atoms with Gasteiger partial charge in [0.15, 0.2) is 0 Å². The zero-order chi connectivity index (χ0) is 4.24. The van der Waals surface area contributed by atoms with Gasteiger partial charge >= 0.3 is 46.5 Å². The van der Waals surface area contributed by atoms with Gasteiger partial charge < -0.3 is 0 Å². The summed E-state index contributed by atoms with van der Waals surface area (Å²) < 4.78 is 11.0. The first-order valence-corrected chi connectivity index (χ1v) is 3.29. The van der Waals surface area contributed by atoms with Crippen LogP contribution in [0, 0.1) is 0 Å². The van der Waals surface area contributed by atoms with Gasteiger partial charge in [-0.15, -0.1) is 0 Å². The van der Waals surface area contributed by atoms with Crippen molar-refractivity contribution in [1.29, 1.82) is 0 Å². The molecule has 0 radical (unpaired) electrons. The van der Waals surface area contributed by atoms with E-state index < -0.39 is 0 Å². The monoisotopic (exact) mass is 138 g/mol. The summed E-state index contributed by atoms with van der Waals surface area (Å²) in [5, 5.41) is 0. The van der Waals surface area contributed by atoms with E-state index in [0.29, 0.717) is 0 Å². The Kier molecular flexibility index (Phi) is 1.60. The third-order valence-corrected chi connectivity index (χ3v) is 1.80. The number of hydrogen-bond donors (Lipinski definition) is 0. The first-order chi connectivity index (χ1) is 3.00. The van der Waals surface area contributed by atoms with Crippen LogP contribution in [0.3, 0.4) is 0 Å². The molecule has 0 aliphatic rings. The molecular formula is N3S3+3. The lowest BCUT2D eigenvalue weighted by Gasteiger charge is -1.14. The molecule has 0 spiro atoms. The minimum atomic E-state index is 1.18. The minimum absolute atomic E-state index is 1.18. The molecule has 6 heavy (non-hydrogen) atoms. The van der Waals surface area contributed by atoms with Gasteiger partial charge in [0.2, 0.25) is 0 Å². The van der Waals surface area contributed by atoms with Crippen LogP contribution >= 0.6 is 35.2 Å². The third-order valence-electron chi connectivity index (χ3n) is 0.200. The van der Waals surface area contributed by atoms with E-state index in [1.807, 2.05) is 0 Å². The van der Waals surface area contributed by atoms with Gasteiger partial charge in [0, 0.05) is 0 Å². The summed E-state index contributed by atoms with van der Waals surface area (Å²) in [6.07, 6.45) is 0. The first kappa shape index (κ1) is 4.23. The van der Waals surface area contributed by atoms with Crippen LogP contribution < -0.4 is 0 Å². The predicted molar refractivity (Wildman–Crippen MR) is 26.7 cm³/mol. The fourth-order valence-corrected chi connectivity index (χ4v) is 1.50. The molecule has 0 fully saturated rings. The Morgan fingerprint density at radius 3 is 1.17 bits per heavy atom. The number of hydrogen-bond acceptors (Lipinski definition) is 3. The first-order valence-electron chi connectivity index (χ1n) is 1.10. The zero-order valence-corrected chi connectivity index (χ0v) is 5.02. The predicted octanol–water partition coefficient (Wildman–Crippen LogP) is 0.899. The van der Waals surface area contributed by atoms with Crippen LogP contribution in [-0.2, 0) is 0 Å². The molecule has 0 aliphatic heterocycles. The normalized spacial score (nSPS) is 8.00. The maximum atomic E-state index is 3.66. The summed E-state index contributed by atoms with van der Waals surface area (Å²) >= 11 is 3.53. The Morgan fingerprint density at radius 2 is 1.00 bits per heavy atom.